The van der Waals surface area contributed by atoms with Gasteiger partial charge in [-0.1, -0.05) is 101 Å². The molecular weight excluding hydrogens is 516 g/mol. The van der Waals surface area contributed by atoms with Crippen LogP contribution in [0.4, 0.5) is 0 Å². The quantitative estimate of drug-likeness (QED) is 0.291. The van der Waals surface area contributed by atoms with E-state index in [9.17, 15) is 15.3 Å². The highest BCUT2D eigenvalue weighted by Gasteiger charge is 2.31. The van der Waals surface area contributed by atoms with Crippen LogP contribution in [0.1, 0.15) is 144 Å². The third-order valence-electron chi connectivity index (χ3n) is 8.73. The molecule has 0 saturated carbocycles. The lowest BCUT2D eigenvalue weighted by atomic mass is 9.76. The molecule has 0 fully saturated rings. The highest BCUT2D eigenvalue weighted by atomic mass is 16.3. The van der Waals surface area contributed by atoms with Gasteiger partial charge in [0, 0.05) is 17.5 Å². The molecule has 42 heavy (non-hydrogen) atoms. The Bertz CT molecular complexity index is 1460. The highest BCUT2D eigenvalue weighted by molar-refractivity contribution is 5.60. The second-order valence-electron chi connectivity index (χ2n) is 16.6. The van der Waals surface area contributed by atoms with Gasteiger partial charge >= 0.3 is 0 Å². The van der Waals surface area contributed by atoms with E-state index in [4.69, 9.17) is 0 Å². The Morgan fingerprint density at radius 1 is 0.476 bits per heavy atom. The number of aromatic hydroxyl groups is 3. The van der Waals surface area contributed by atoms with Gasteiger partial charge in [-0.2, -0.15) is 0 Å². The lowest BCUT2D eigenvalue weighted by Gasteiger charge is -2.30. The summed E-state index contributed by atoms with van der Waals surface area (Å²) in [4.78, 5) is 0. The van der Waals surface area contributed by atoms with Gasteiger partial charge in [0.05, 0.1) is 0 Å². The molecule has 0 aliphatic carbocycles. The number of aryl methyl sites for hydroxylation is 2. The van der Waals surface area contributed by atoms with Gasteiger partial charge in [0.1, 0.15) is 17.2 Å². The molecule has 0 saturated heterocycles. The fourth-order valence-electron chi connectivity index (χ4n) is 6.29. The summed E-state index contributed by atoms with van der Waals surface area (Å²) in [6, 6.07) is 8.63. The van der Waals surface area contributed by atoms with Gasteiger partial charge in [-0.05, 0) is 105 Å². The van der Waals surface area contributed by atoms with Gasteiger partial charge in [-0.3, -0.25) is 0 Å². The fourth-order valence-corrected chi connectivity index (χ4v) is 6.29. The first kappa shape index (κ1) is 33.6. The zero-order chi connectivity index (χ0) is 32.3. The second-order valence-corrected chi connectivity index (χ2v) is 16.6. The third-order valence-corrected chi connectivity index (χ3v) is 8.73. The first-order valence-corrected chi connectivity index (χ1v) is 15.4. The minimum atomic E-state index is -0.416. The summed E-state index contributed by atoms with van der Waals surface area (Å²) >= 11 is 0. The molecule has 3 heteroatoms. The van der Waals surface area contributed by atoms with Gasteiger partial charge in [-0.25, -0.2) is 0 Å². The van der Waals surface area contributed by atoms with Crippen molar-refractivity contribution in [1.82, 2.24) is 0 Å². The molecule has 0 unspecified atom stereocenters. The standard InChI is InChI=1S/C39H56O3/c1-22-16-23(2)28(20-26-21-31(38(10,11)12)35(42)32(33(26)40)39(13,14)15)24(3)27(22)17-25-18-29(36(4,5)6)34(41)30(19-25)37(7,8)9/h16,18-19,21,40-42H,17,20H2,1-15H3. The molecule has 0 bridgehead atoms. The molecule has 0 spiro atoms. The molecule has 3 rings (SSSR count). The summed E-state index contributed by atoms with van der Waals surface area (Å²) in [6.07, 6.45) is 1.35. The van der Waals surface area contributed by atoms with Crippen molar-refractivity contribution in [2.45, 2.75) is 138 Å². The van der Waals surface area contributed by atoms with Crippen LogP contribution in [0.15, 0.2) is 24.3 Å². The topological polar surface area (TPSA) is 60.7 Å². The summed E-state index contributed by atoms with van der Waals surface area (Å²) in [5.41, 5.74) is 10.6. The summed E-state index contributed by atoms with van der Waals surface area (Å²) in [6.45, 7) is 31.9. The number of hydrogen-bond donors (Lipinski definition) is 3. The van der Waals surface area contributed by atoms with Gasteiger partial charge in [0.2, 0.25) is 0 Å². The van der Waals surface area contributed by atoms with Crippen LogP contribution in [-0.2, 0) is 34.5 Å². The lowest BCUT2D eigenvalue weighted by Crippen LogP contribution is -2.18. The predicted molar refractivity (Wildman–Crippen MR) is 179 cm³/mol. The van der Waals surface area contributed by atoms with Crippen LogP contribution in [0, 0.1) is 20.8 Å². The van der Waals surface area contributed by atoms with Crippen LogP contribution in [0.3, 0.4) is 0 Å². The van der Waals surface area contributed by atoms with E-state index in [-0.39, 0.29) is 27.7 Å². The first-order valence-electron chi connectivity index (χ1n) is 15.4. The minimum Gasteiger partial charge on any atom is -0.507 e. The molecule has 0 radical (unpaired) electrons. The maximum atomic E-state index is 11.6. The van der Waals surface area contributed by atoms with Crippen molar-refractivity contribution >= 4 is 0 Å². The molecule has 230 valence electrons. The zero-order valence-electron chi connectivity index (χ0n) is 29.1. The SMILES string of the molecule is Cc1cc(C)c(Cc2cc(C(C)(C)C)c(O)c(C(C)(C)C)c2O)c(C)c1Cc1cc(C(C)(C)C)c(O)c(C(C)(C)C)c1. The number of phenols is 3. The van der Waals surface area contributed by atoms with Crippen LogP contribution >= 0.6 is 0 Å². The Balaban J connectivity index is 2.23. The zero-order valence-corrected chi connectivity index (χ0v) is 29.1. The van der Waals surface area contributed by atoms with Crippen molar-refractivity contribution in [1.29, 1.82) is 0 Å². The number of phenolic OH excluding ortho intramolecular Hbond substituents is 3. The molecule has 3 aromatic rings. The molecule has 0 aliphatic rings. The molecule has 0 aliphatic heterocycles. The Hall–Kier alpha value is -2.94. The van der Waals surface area contributed by atoms with Crippen molar-refractivity contribution < 1.29 is 15.3 Å². The molecule has 0 atom stereocenters. The predicted octanol–water partition coefficient (Wildman–Crippen LogP) is 10.1. The molecule has 0 amide bonds. The lowest BCUT2D eigenvalue weighted by molar-refractivity contribution is 0.394. The second kappa shape index (κ2) is 11.0. The monoisotopic (exact) mass is 572 g/mol. The van der Waals surface area contributed by atoms with Crippen LogP contribution in [0.2, 0.25) is 0 Å². The summed E-state index contributed by atoms with van der Waals surface area (Å²) < 4.78 is 0. The van der Waals surface area contributed by atoms with E-state index in [1.807, 2.05) is 26.8 Å². The average molecular weight is 573 g/mol. The van der Waals surface area contributed by atoms with Gasteiger partial charge in [0.25, 0.3) is 0 Å². The van der Waals surface area contributed by atoms with E-state index >= 15 is 0 Å². The van der Waals surface area contributed by atoms with Crippen LogP contribution in [0.5, 0.6) is 17.2 Å². The summed E-state index contributed by atoms with van der Waals surface area (Å²) in [7, 11) is 0. The van der Waals surface area contributed by atoms with E-state index in [1.165, 1.54) is 33.4 Å². The Morgan fingerprint density at radius 3 is 1.29 bits per heavy atom. The van der Waals surface area contributed by atoms with Gasteiger partial charge < -0.3 is 15.3 Å². The molecule has 3 N–H and O–H groups in total. The Labute approximate surface area is 256 Å². The average Bonchev–Trinajstić information content (AvgIpc) is 2.78. The van der Waals surface area contributed by atoms with E-state index in [0.29, 0.717) is 17.7 Å². The largest absolute Gasteiger partial charge is 0.507 e. The molecule has 3 aromatic carbocycles. The first-order chi connectivity index (χ1) is 18.9. The van der Waals surface area contributed by atoms with Crippen molar-refractivity contribution in [2.24, 2.45) is 0 Å². The van der Waals surface area contributed by atoms with E-state index < -0.39 is 5.41 Å². The Morgan fingerprint density at radius 2 is 0.881 bits per heavy atom. The molecular formula is C39H56O3. The minimum absolute atomic E-state index is 0.186. The third kappa shape index (κ3) is 6.66. The van der Waals surface area contributed by atoms with Crippen LogP contribution in [0.25, 0.3) is 0 Å². The number of hydrogen-bond acceptors (Lipinski definition) is 3. The summed E-state index contributed by atoms with van der Waals surface area (Å²) in [5.74, 6) is 0.798. The Kier molecular flexibility index (Phi) is 8.76. The van der Waals surface area contributed by atoms with E-state index in [1.54, 1.807) is 0 Å². The van der Waals surface area contributed by atoms with Crippen molar-refractivity contribution in [3.63, 3.8) is 0 Å². The van der Waals surface area contributed by atoms with Crippen LogP contribution < -0.4 is 0 Å². The highest BCUT2D eigenvalue weighted by Crippen LogP contribution is 2.47. The summed E-state index contributed by atoms with van der Waals surface area (Å²) in [5, 5.41) is 34.1. The fraction of sp³-hybridized carbons (Fsp3) is 0.538. The maximum Gasteiger partial charge on any atom is 0.126 e. The van der Waals surface area contributed by atoms with Crippen molar-refractivity contribution in [2.75, 3.05) is 0 Å². The van der Waals surface area contributed by atoms with E-state index in [0.717, 1.165) is 28.7 Å². The molecule has 3 nitrogen and oxygen atoms in total. The van der Waals surface area contributed by atoms with Gasteiger partial charge in [0.15, 0.2) is 0 Å². The maximum absolute atomic E-state index is 11.6. The number of benzene rings is 3. The molecule has 0 aromatic heterocycles. The van der Waals surface area contributed by atoms with Crippen molar-refractivity contribution in [3.05, 3.63) is 85.5 Å². The van der Waals surface area contributed by atoms with Crippen LogP contribution in [-0.4, -0.2) is 15.3 Å². The van der Waals surface area contributed by atoms with Crippen molar-refractivity contribution in [3.8, 4) is 17.2 Å². The molecule has 0 heterocycles. The van der Waals surface area contributed by atoms with Gasteiger partial charge in [-0.15, -0.1) is 0 Å². The normalized spacial score (nSPS) is 13.1. The number of rotatable bonds is 4. The van der Waals surface area contributed by atoms with E-state index in [2.05, 4.69) is 101 Å². The smallest absolute Gasteiger partial charge is 0.126 e.